The lowest BCUT2D eigenvalue weighted by Crippen LogP contribution is -2.10. The van der Waals surface area contributed by atoms with E-state index in [1.54, 1.807) is 13.0 Å². The zero-order valence-electron chi connectivity index (χ0n) is 7.60. The van der Waals surface area contributed by atoms with Crippen LogP contribution >= 0.6 is 15.9 Å². The molecular weight excluding hydrogens is 232 g/mol. The summed E-state index contributed by atoms with van der Waals surface area (Å²) in [5.41, 5.74) is 0.869. The largest absolute Gasteiger partial charge is 0.311 e. The minimum atomic E-state index is -0.0192. The van der Waals surface area contributed by atoms with Crippen molar-refractivity contribution in [2.24, 2.45) is 0 Å². The van der Waals surface area contributed by atoms with Gasteiger partial charge in [0, 0.05) is 10.9 Å². The average Bonchev–Trinajstić information content (AvgIpc) is 2.11. The minimum Gasteiger partial charge on any atom is -0.311 e. The normalized spacial score (nSPS) is 9.77. The van der Waals surface area contributed by atoms with E-state index in [1.165, 1.54) is 0 Å². The maximum atomic E-state index is 11.0. The number of amides is 1. The molecular formula is C9H11BrN2O. The fraction of sp³-hybridized carbons (Fsp3) is 0.333. The maximum Gasteiger partial charge on any atom is 0.225 e. The summed E-state index contributed by atoms with van der Waals surface area (Å²) in [4.78, 5) is 15.2. The standard InChI is InChI=1S/C9H11BrN2O/c1-3-9(13)12-8-5-4-7(10)6(2)11-8/h4-5H,3H2,1-2H3,(H,11,12,13). The number of hydrogen-bond donors (Lipinski definition) is 1. The Morgan fingerprint density at radius 3 is 2.85 bits per heavy atom. The SMILES string of the molecule is CCC(=O)Nc1ccc(Br)c(C)n1. The van der Waals surface area contributed by atoms with Crippen molar-refractivity contribution in [3.8, 4) is 0 Å². The Balaban J connectivity index is 2.79. The fourth-order valence-corrected chi connectivity index (χ4v) is 1.07. The first-order valence-electron chi connectivity index (χ1n) is 4.06. The summed E-state index contributed by atoms with van der Waals surface area (Å²) in [6.45, 7) is 3.69. The lowest BCUT2D eigenvalue weighted by Gasteiger charge is -2.04. The van der Waals surface area contributed by atoms with Crippen molar-refractivity contribution >= 4 is 27.7 Å². The molecule has 0 bridgehead atoms. The number of aromatic nitrogens is 1. The van der Waals surface area contributed by atoms with E-state index in [0.29, 0.717) is 12.2 Å². The van der Waals surface area contributed by atoms with Crippen LogP contribution in [0, 0.1) is 6.92 Å². The van der Waals surface area contributed by atoms with E-state index in [-0.39, 0.29) is 5.91 Å². The Kier molecular flexibility index (Phi) is 3.42. The second kappa shape index (κ2) is 4.37. The highest BCUT2D eigenvalue weighted by Gasteiger charge is 2.01. The third kappa shape index (κ3) is 2.81. The lowest BCUT2D eigenvalue weighted by atomic mass is 10.3. The topological polar surface area (TPSA) is 42.0 Å². The molecule has 70 valence electrons. The van der Waals surface area contributed by atoms with Gasteiger partial charge in [-0.15, -0.1) is 0 Å². The van der Waals surface area contributed by atoms with Gasteiger partial charge < -0.3 is 5.32 Å². The highest BCUT2D eigenvalue weighted by Crippen LogP contribution is 2.16. The van der Waals surface area contributed by atoms with Crippen LogP contribution in [0.3, 0.4) is 0 Å². The van der Waals surface area contributed by atoms with Crippen molar-refractivity contribution in [3.05, 3.63) is 22.3 Å². The Labute approximate surface area is 85.7 Å². The van der Waals surface area contributed by atoms with Gasteiger partial charge in [-0.2, -0.15) is 0 Å². The van der Waals surface area contributed by atoms with Gasteiger partial charge in [-0.05, 0) is 35.0 Å². The summed E-state index contributed by atoms with van der Waals surface area (Å²) in [7, 11) is 0. The van der Waals surface area contributed by atoms with E-state index < -0.39 is 0 Å². The number of hydrogen-bond acceptors (Lipinski definition) is 2. The van der Waals surface area contributed by atoms with Crippen LogP contribution in [0.25, 0.3) is 0 Å². The first-order chi connectivity index (χ1) is 6.13. The molecule has 0 radical (unpaired) electrons. The molecule has 0 aliphatic carbocycles. The van der Waals surface area contributed by atoms with Crippen molar-refractivity contribution in [2.45, 2.75) is 20.3 Å². The number of nitrogens with one attached hydrogen (secondary N) is 1. The van der Waals surface area contributed by atoms with Gasteiger partial charge in [0.05, 0.1) is 5.69 Å². The van der Waals surface area contributed by atoms with E-state index in [1.807, 2.05) is 13.0 Å². The summed E-state index contributed by atoms with van der Waals surface area (Å²) >= 11 is 3.34. The third-order valence-corrected chi connectivity index (χ3v) is 2.45. The molecule has 0 unspecified atom stereocenters. The number of carbonyl (C=O) groups excluding carboxylic acids is 1. The Bertz CT molecular complexity index is 325. The number of anilines is 1. The number of pyridine rings is 1. The molecule has 0 spiro atoms. The second-order valence-electron chi connectivity index (χ2n) is 2.67. The highest BCUT2D eigenvalue weighted by atomic mass is 79.9. The van der Waals surface area contributed by atoms with Crippen molar-refractivity contribution in [1.29, 1.82) is 0 Å². The molecule has 1 aromatic rings. The van der Waals surface area contributed by atoms with Gasteiger partial charge in [-0.3, -0.25) is 4.79 Å². The van der Waals surface area contributed by atoms with E-state index in [2.05, 4.69) is 26.2 Å². The molecule has 0 fully saturated rings. The average molecular weight is 243 g/mol. The number of nitrogens with zero attached hydrogens (tertiary/aromatic N) is 1. The van der Waals surface area contributed by atoms with Crippen LogP contribution in [0.15, 0.2) is 16.6 Å². The summed E-state index contributed by atoms with van der Waals surface area (Å²) in [6.07, 6.45) is 0.469. The smallest absolute Gasteiger partial charge is 0.225 e. The van der Waals surface area contributed by atoms with Crippen molar-refractivity contribution in [2.75, 3.05) is 5.32 Å². The second-order valence-corrected chi connectivity index (χ2v) is 3.52. The molecule has 0 saturated heterocycles. The summed E-state index contributed by atoms with van der Waals surface area (Å²) in [5.74, 6) is 0.585. The first-order valence-corrected chi connectivity index (χ1v) is 4.85. The minimum absolute atomic E-state index is 0.0192. The molecule has 13 heavy (non-hydrogen) atoms. The van der Waals surface area contributed by atoms with Gasteiger partial charge in [0.25, 0.3) is 0 Å². The number of halogens is 1. The zero-order chi connectivity index (χ0) is 9.84. The van der Waals surface area contributed by atoms with Gasteiger partial charge in [0.15, 0.2) is 0 Å². The monoisotopic (exact) mass is 242 g/mol. The molecule has 1 N–H and O–H groups in total. The molecule has 0 saturated carbocycles. The van der Waals surface area contributed by atoms with Gasteiger partial charge in [0.2, 0.25) is 5.91 Å². The van der Waals surface area contributed by atoms with Crippen LogP contribution < -0.4 is 5.32 Å². The molecule has 1 rings (SSSR count). The molecule has 3 nitrogen and oxygen atoms in total. The van der Waals surface area contributed by atoms with Crippen molar-refractivity contribution < 1.29 is 4.79 Å². The van der Waals surface area contributed by atoms with E-state index >= 15 is 0 Å². The molecule has 1 aromatic heterocycles. The molecule has 4 heteroatoms. The highest BCUT2D eigenvalue weighted by molar-refractivity contribution is 9.10. The number of carbonyl (C=O) groups is 1. The Hall–Kier alpha value is -0.900. The van der Waals surface area contributed by atoms with Gasteiger partial charge in [-0.25, -0.2) is 4.98 Å². The molecule has 1 amide bonds. The summed E-state index contributed by atoms with van der Waals surface area (Å²) < 4.78 is 0.946. The first kappa shape index (κ1) is 10.2. The fourth-order valence-electron chi connectivity index (χ4n) is 0.845. The summed E-state index contributed by atoms with van der Waals surface area (Å²) in [6, 6.07) is 3.64. The van der Waals surface area contributed by atoms with Crippen LogP contribution in [0.1, 0.15) is 19.0 Å². The maximum absolute atomic E-state index is 11.0. The predicted molar refractivity (Wildman–Crippen MR) is 55.6 cm³/mol. The van der Waals surface area contributed by atoms with E-state index in [9.17, 15) is 4.79 Å². The zero-order valence-corrected chi connectivity index (χ0v) is 9.18. The number of aryl methyl sites for hydroxylation is 1. The molecule has 0 aliphatic rings. The molecule has 0 atom stereocenters. The predicted octanol–water partition coefficient (Wildman–Crippen LogP) is 2.50. The van der Waals surface area contributed by atoms with E-state index in [0.717, 1.165) is 10.2 Å². The summed E-state index contributed by atoms with van der Waals surface area (Å²) in [5, 5.41) is 2.69. The van der Waals surface area contributed by atoms with E-state index in [4.69, 9.17) is 0 Å². The lowest BCUT2D eigenvalue weighted by molar-refractivity contribution is -0.115. The Morgan fingerprint density at radius 2 is 2.31 bits per heavy atom. The number of rotatable bonds is 2. The van der Waals surface area contributed by atoms with Crippen LogP contribution in [0.5, 0.6) is 0 Å². The quantitative estimate of drug-likeness (QED) is 0.866. The third-order valence-electron chi connectivity index (χ3n) is 1.61. The van der Waals surface area contributed by atoms with Crippen molar-refractivity contribution in [1.82, 2.24) is 4.98 Å². The molecule has 0 aliphatic heterocycles. The Morgan fingerprint density at radius 1 is 1.62 bits per heavy atom. The van der Waals surface area contributed by atoms with Gasteiger partial charge >= 0.3 is 0 Å². The van der Waals surface area contributed by atoms with Crippen LogP contribution in [-0.2, 0) is 4.79 Å². The van der Waals surface area contributed by atoms with Crippen LogP contribution in [-0.4, -0.2) is 10.9 Å². The van der Waals surface area contributed by atoms with Crippen LogP contribution in [0.2, 0.25) is 0 Å². The molecule has 0 aromatic carbocycles. The van der Waals surface area contributed by atoms with Crippen LogP contribution in [0.4, 0.5) is 5.82 Å². The van der Waals surface area contributed by atoms with Gasteiger partial charge in [0.1, 0.15) is 5.82 Å². The van der Waals surface area contributed by atoms with Gasteiger partial charge in [-0.1, -0.05) is 6.92 Å². The van der Waals surface area contributed by atoms with Crippen molar-refractivity contribution in [3.63, 3.8) is 0 Å². The molecule has 1 heterocycles.